The minimum atomic E-state index is -0.0851. The van der Waals surface area contributed by atoms with Crippen LogP contribution in [0.15, 0.2) is 18.3 Å². The summed E-state index contributed by atoms with van der Waals surface area (Å²) in [6.07, 6.45) is 9.61. The maximum Gasteiger partial charge on any atom is 0.270 e. The maximum absolute atomic E-state index is 11.7. The quantitative estimate of drug-likeness (QED) is 0.819. The fraction of sp³-hybridized carbons (Fsp3) is 0.579. The van der Waals surface area contributed by atoms with Gasteiger partial charge in [0.1, 0.15) is 12.0 Å². The molecule has 1 saturated carbocycles. The van der Waals surface area contributed by atoms with Crippen LogP contribution in [0.25, 0.3) is 5.57 Å². The molecule has 138 valence electrons. The van der Waals surface area contributed by atoms with E-state index in [1.165, 1.54) is 25.7 Å². The van der Waals surface area contributed by atoms with Crippen molar-refractivity contribution < 1.29 is 9.59 Å². The highest BCUT2D eigenvalue weighted by Gasteiger charge is 2.22. The zero-order chi connectivity index (χ0) is 18.4. The molecule has 6 heteroatoms. The first-order chi connectivity index (χ1) is 12.0. The molecule has 6 nitrogen and oxygen atoms in total. The lowest BCUT2D eigenvalue weighted by molar-refractivity contribution is -0.103. The molecule has 1 aromatic rings. The first-order valence-corrected chi connectivity index (χ1v) is 8.90. The summed E-state index contributed by atoms with van der Waals surface area (Å²) in [5.41, 5.74) is 1.75. The smallest absolute Gasteiger partial charge is 0.270 e. The summed E-state index contributed by atoms with van der Waals surface area (Å²) in [5, 5.41) is 3.34. The van der Waals surface area contributed by atoms with E-state index in [1.54, 1.807) is 30.3 Å². The van der Waals surface area contributed by atoms with Crippen molar-refractivity contribution in [2.24, 2.45) is 0 Å². The molecular weight excluding hydrogens is 316 g/mol. The van der Waals surface area contributed by atoms with E-state index < -0.39 is 0 Å². The standard InChI is InChI=1S/C10H10N2O2.C9H20N2/c1-12-5-3-7(6-13)8-2-4-11-9(8)10(12)14;1-10-8-4-6-9(7-5-8)11(2)3/h2-4,6,11H,5H2,1H3;8-10H,4-7H2,1-3H3. The van der Waals surface area contributed by atoms with Crippen LogP contribution in [0.4, 0.5) is 0 Å². The predicted molar refractivity (Wildman–Crippen MR) is 101 cm³/mol. The van der Waals surface area contributed by atoms with Crippen LogP contribution in [0.2, 0.25) is 0 Å². The van der Waals surface area contributed by atoms with E-state index in [1.807, 2.05) is 0 Å². The van der Waals surface area contributed by atoms with Gasteiger partial charge in [0.25, 0.3) is 5.91 Å². The molecule has 0 radical (unpaired) electrons. The van der Waals surface area contributed by atoms with Gasteiger partial charge in [0.15, 0.2) is 0 Å². The van der Waals surface area contributed by atoms with Gasteiger partial charge in [-0.05, 0) is 52.9 Å². The van der Waals surface area contributed by atoms with Gasteiger partial charge in [-0.25, -0.2) is 0 Å². The normalized spacial score (nSPS) is 23.3. The van der Waals surface area contributed by atoms with Crippen molar-refractivity contribution in [3.8, 4) is 0 Å². The molecule has 1 amide bonds. The van der Waals surface area contributed by atoms with Gasteiger partial charge in [0, 0.05) is 43.0 Å². The SMILES string of the molecule is CN1CC=C(C=O)c2cc[nH]c2C1=O.CNC1CCC(N(C)C)CC1. The number of aromatic amines is 1. The number of fused-ring (bicyclic) bond motifs is 1. The number of nitrogens with one attached hydrogen (secondary N) is 2. The molecule has 0 saturated heterocycles. The summed E-state index contributed by atoms with van der Waals surface area (Å²) in [5.74, 6) is -0.0851. The molecule has 1 fully saturated rings. The average Bonchev–Trinajstić information content (AvgIpc) is 3.07. The molecule has 25 heavy (non-hydrogen) atoms. The molecule has 0 aromatic carbocycles. The number of H-pyrrole nitrogens is 1. The number of carbonyl (C=O) groups excluding carboxylic acids is 2. The maximum atomic E-state index is 11.7. The highest BCUT2D eigenvalue weighted by atomic mass is 16.2. The highest BCUT2D eigenvalue weighted by Crippen LogP contribution is 2.21. The van der Waals surface area contributed by atoms with Crippen LogP contribution in [0.1, 0.15) is 41.7 Å². The van der Waals surface area contributed by atoms with Crippen molar-refractivity contribution in [3.05, 3.63) is 29.6 Å². The Kier molecular flexibility index (Phi) is 6.96. The Balaban J connectivity index is 0.000000186. The summed E-state index contributed by atoms with van der Waals surface area (Å²) < 4.78 is 0. The molecule has 1 aromatic heterocycles. The van der Waals surface area contributed by atoms with E-state index in [2.05, 4.69) is 36.3 Å². The fourth-order valence-electron chi connectivity index (χ4n) is 3.40. The van der Waals surface area contributed by atoms with Crippen LogP contribution in [0.3, 0.4) is 0 Å². The molecular formula is C19H30N4O2. The Bertz CT molecular complexity index is 613. The minimum absolute atomic E-state index is 0.0851. The largest absolute Gasteiger partial charge is 0.357 e. The van der Waals surface area contributed by atoms with Gasteiger partial charge < -0.3 is 20.1 Å². The van der Waals surface area contributed by atoms with E-state index >= 15 is 0 Å². The summed E-state index contributed by atoms with van der Waals surface area (Å²) in [4.78, 5) is 29.2. The van der Waals surface area contributed by atoms with Crippen molar-refractivity contribution in [1.82, 2.24) is 20.1 Å². The number of hydrogen-bond donors (Lipinski definition) is 2. The van der Waals surface area contributed by atoms with E-state index in [0.717, 1.165) is 18.4 Å². The van der Waals surface area contributed by atoms with Crippen molar-refractivity contribution in [2.75, 3.05) is 34.7 Å². The molecule has 0 spiro atoms. The van der Waals surface area contributed by atoms with Crippen molar-refractivity contribution in [2.45, 2.75) is 37.8 Å². The number of likely N-dealkylation sites (N-methyl/N-ethyl adjacent to an activating group) is 1. The lowest BCUT2D eigenvalue weighted by Crippen LogP contribution is -2.37. The zero-order valence-electron chi connectivity index (χ0n) is 15.7. The summed E-state index contributed by atoms with van der Waals surface area (Å²) >= 11 is 0. The Morgan fingerprint density at radius 2 is 1.96 bits per heavy atom. The van der Waals surface area contributed by atoms with Crippen LogP contribution >= 0.6 is 0 Å². The number of carbonyl (C=O) groups is 2. The second-order valence-electron chi connectivity index (χ2n) is 6.99. The number of allylic oxidation sites excluding steroid dienone is 1. The zero-order valence-corrected chi connectivity index (χ0v) is 15.7. The number of hydrogen-bond acceptors (Lipinski definition) is 4. The Labute approximate surface area is 150 Å². The molecule has 2 N–H and O–H groups in total. The van der Waals surface area contributed by atoms with Gasteiger partial charge >= 0.3 is 0 Å². The number of aromatic nitrogens is 1. The third-order valence-corrected chi connectivity index (χ3v) is 5.17. The molecule has 0 atom stereocenters. The fourth-order valence-corrected chi connectivity index (χ4v) is 3.40. The molecule has 1 aliphatic carbocycles. The van der Waals surface area contributed by atoms with Crippen molar-refractivity contribution in [3.63, 3.8) is 0 Å². The van der Waals surface area contributed by atoms with Crippen LogP contribution in [0.5, 0.6) is 0 Å². The summed E-state index contributed by atoms with van der Waals surface area (Å²) in [6.45, 7) is 0.468. The lowest BCUT2D eigenvalue weighted by atomic mass is 9.91. The van der Waals surface area contributed by atoms with E-state index in [-0.39, 0.29) is 5.91 Å². The first-order valence-electron chi connectivity index (χ1n) is 8.90. The Morgan fingerprint density at radius 1 is 1.28 bits per heavy atom. The van der Waals surface area contributed by atoms with Gasteiger partial charge in [-0.15, -0.1) is 0 Å². The van der Waals surface area contributed by atoms with Crippen molar-refractivity contribution >= 4 is 17.8 Å². The monoisotopic (exact) mass is 346 g/mol. The third-order valence-electron chi connectivity index (χ3n) is 5.17. The Hall–Kier alpha value is -1.92. The van der Waals surface area contributed by atoms with Gasteiger partial charge in [-0.1, -0.05) is 6.08 Å². The average molecular weight is 346 g/mol. The molecule has 2 heterocycles. The molecule has 3 rings (SSSR count). The molecule has 0 unspecified atom stereocenters. The lowest BCUT2D eigenvalue weighted by Gasteiger charge is -2.32. The van der Waals surface area contributed by atoms with Gasteiger partial charge in [-0.2, -0.15) is 0 Å². The molecule has 0 bridgehead atoms. The number of aldehydes is 1. The second-order valence-corrected chi connectivity index (χ2v) is 6.99. The first kappa shape index (κ1) is 19.4. The van der Waals surface area contributed by atoms with Gasteiger partial charge in [0.2, 0.25) is 0 Å². The van der Waals surface area contributed by atoms with E-state index in [4.69, 9.17) is 0 Å². The second kappa shape index (κ2) is 8.97. The van der Waals surface area contributed by atoms with E-state index in [0.29, 0.717) is 23.4 Å². The predicted octanol–water partition coefficient (Wildman–Crippen LogP) is 1.76. The molecule has 2 aliphatic rings. The minimum Gasteiger partial charge on any atom is -0.357 e. The van der Waals surface area contributed by atoms with Crippen molar-refractivity contribution in [1.29, 1.82) is 0 Å². The summed E-state index contributed by atoms with van der Waals surface area (Å²) in [6, 6.07) is 3.36. The number of rotatable bonds is 3. The third kappa shape index (κ3) is 4.80. The van der Waals surface area contributed by atoms with Gasteiger partial charge in [0.05, 0.1) is 0 Å². The van der Waals surface area contributed by atoms with E-state index in [9.17, 15) is 9.59 Å². The molecule has 1 aliphatic heterocycles. The number of nitrogens with zero attached hydrogens (tertiary/aromatic N) is 2. The van der Waals surface area contributed by atoms with Crippen LogP contribution in [-0.4, -0.2) is 73.8 Å². The Morgan fingerprint density at radius 3 is 2.52 bits per heavy atom. The van der Waals surface area contributed by atoms with Crippen LogP contribution in [-0.2, 0) is 4.79 Å². The highest BCUT2D eigenvalue weighted by molar-refractivity contribution is 6.12. The van der Waals surface area contributed by atoms with Gasteiger partial charge in [-0.3, -0.25) is 9.59 Å². The topological polar surface area (TPSA) is 68.4 Å². The van der Waals surface area contributed by atoms with Crippen LogP contribution in [0, 0.1) is 0 Å². The summed E-state index contributed by atoms with van der Waals surface area (Å²) in [7, 11) is 8.15. The van der Waals surface area contributed by atoms with Crippen LogP contribution < -0.4 is 5.32 Å². The number of amides is 1.